The topological polar surface area (TPSA) is 128 Å². The number of benzene rings is 3. The summed E-state index contributed by atoms with van der Waals surface area (Å²) >= 11 is 0. The summed E-state index contributed by atoms with van der Waals surface area (Å²) in [6, 6.07) is 18.7. The summed E-state index contributed by atoms with van der Waals surface area (Å²) in [4.78, 5) is 48.3. The minimum Gasteiger partial charge on any atom is -0.465 e. The molecular weight excluding hydrogens is 567 g/mol. The molecule has 1 aromatic heterocycles. The predicted molar refractivity (Wildman–Crippen MR) is 148 cm³/mol. The van der Waals surface area contributed by atoms with Gasteiger partial charge in [-0.1, -0.05) is 54.6 Å². The highest BCUT2D eigenvalue weighted by atomic mass is 19.4. The van der Waals surface area contributed by atoms with Gasteiger partial charge in [-0.15, -0.1) is 0 Å². The van der Waals surface area contributed by atoms with Crippen LogP contribution < -0.4 is 10.2 Å². The second-order valence-corrected chi connectivity index (χ2v) is 10.4. The minimum absolute atomic E-state index is 0.0470. The van der Waals surface area contributed by atoms with Crippen molar-refractivity contribution in [3.05, 3.63) is 95.1 Å². The fourth-order valence-corrected chi connectivity index (χ4v) is 5.83. The monoisotopic (exact) mass is 593 g/mol. The maximum Gasteiger partial charge on any atom is 0.491 e. The number of rotatable bonds is 6. The van der Waals surface area contributed by atoms with Gasteiger partial charge in [0.05, 0.1) is 17.6 Å². The van der Waals surface area contributed by atoms with Crippen molar-refractivity contribution in [2.24, 2.45) is 0 Å². The number of anilines is 1. The van der Waals surface area contributed by atoms with E-state index in [0.717, 1.165) is 9.80 Å². The number of hydrogen-bond donors (Lipinski definition) is 3. The summed E-state index contributed by atoms with van der Waals surface area (Å²) < 4.78 is 46.6. The molecule has 13 heteroatoms. The molecule has 4 aromatic rings. The van der Waals surface area contributed by atoms with Gasteiger partial charge in [-0.25, -0.2) is 19.5 Å². The van der Waals surface area contributed by atoms with E-state index in [2.05, 4.69) is 15.3 Å². The van der Waals surface area contributed by atoms with Crippen molar-refractivity contribution in [1.82, 2.24) is 20.2 Å². The molecule has 2 aliphatic heterocycles. The second-order valence-electron chi connectivity index (χ2n) is 10.4. The number of hydrogen-bond acceptors (Lipinski definition) is 6. The maximum absolute atomic E-state index is 13.8. The van der Waals surface area contributed by atoms with E-state index >= 15 is 0 Å². The van der Waals surface area contributed by atoms with Crippen LogP contribution in [0, 0.1) is 0 Å². The molecule has 2 amide bonds. The number of carbonyl (C=O) groups is 3. The Morgan fingerprint density at radius 2 is 1.74 bits per heavy atom. The number of aromatic amines is 1. The molecule has 10 nitrogen and oxygen atoms in total. The number of alkyl halides is 3. The quantitative estimate of drug-likeness (QED) is 0.275. The smallest absolute Gasteiger partial charge is 0.465 e. The van der Waals surface area contributed by atoms with E-state index in [9.17, 15) is 32.7 Å². The molecule has 0 saturated carbocycles. The lowest BCUT2D eigenvalue weighted by molar-refractivity contribution is -0.222. The van der Waals surface area contributed by atoms with Crippen LogP contribution >= 0.6 is 0 Å². The third kappa shape index (κ3) is 4.95. The molecule has 0 bridgehead atoms. The van der Waals surface area contributed by atoms with Gasteiger partial charge in [0.1, 0.15) is 0 Å². The summed E-state index contributed by atoms with van der Waals surface area (Å²) in [5.41, 5.74) is -0.881. The Labute approximate surface area is 243 Å². The molecule has 2 aliphatic rings. The van der Waals surface area contributed by atoms with Crippen LogP contribution in [-0.2, 0) is 21.8 Å². The molecule has 0 spiro atoms. The highest BCUT2D eigenvalue weighted by Crippen LogP contribution is 2.47. The standard InChI is InChI=1S/C30H26F3N5O5/c31-30(32,33)26(40)43-29(22-9-5-4-8-21(22)25(39)37(29)17-18-6-2-1-3-7-18)19-10-11-23-24(16-19)36-27(35-23)38(28(41)42)20-12-14-34-15-13-20/h1-11,16,20,34H,12-15,17H2,(H,35,36)(H,41,42). The predicted octanol–water partition coefficient (Wildman–Crippen LogP) is 4.76. The van der Waals surface area contributed by atoms with Crippen LogP contribution in [0.15, 0.2) is 72.8 Å². The van der Waals surface area contributed by atoms with Crippen LogP contribution in [0.25, 0.3) is 11.0 Å². The third-order valence-electron chi connectivity index (χ3n) is 7.77. The van der Waals surface area contributed by atoms with Gasteiger partial charge in [0.15, 0.2) is 0 Å². The molecule has 6 rings (SSSR count). The van der Waals surface area contributed by atoms with Gasteiger partial charge in [-0.05, 0) is 49.7 Å². The molecule has 3 heterocycles. The minimum atomic E-state index is -5.35. The number of ether oxygens (including phenoxy) is 1. The number of carboxylic acid groups (broad SMARTS) is 1. The Kier molecular flexibility index (Phi) is 7.04. The summed E-state index contributed by atoms with van der Waals surface area (Å²) in [7, 11) is 0. The van der Waals surface area contributed by atoms with Gasteiger partial charge in [-0.3, -0.25) is 9.69 Å². The number of carbonyl (C=O) groups excluding carboxylic acids is 2. The van der Waals surface area contributed by atoms with Gasteiger partial charge in [0.25, 0.3) is 5.91 Å². The Hall–Kier alpha value is -4.91. The van der Waals surface area contributed by atoms with Crippen molar-refractivity contribution < 1.29 is 37.4 Å². The highest BCUT2D eigenvalue weighted by molar-refractivity contribution is 6.01. The fraction of sp³-hybridized carbons (Fsp3) is 0.267. The van der Waals surface area contributed by atoms with Gasteiger partial charge >= 0.3 is 18.2 Å². The number of nitrogens with zero attached hydrogens (tertiary/aromatic N) is 3. The molecule has 0 aliphatic carbocycles. The van der Waals surface area contributed by atoms with Crippen molar-refractivity contribution in [2.75, 3.05) is 18.0 Å². The molecule has 0 radical (unpaired) electrons. The number of amides is 2. The van der Waals surface area contributed by atoms with Crippen molar-refractivity contribution in [1.29, 1.82) is 0 Å². The van der Waals surface area contributed by atoms with Crippen LogP contribution in [0.1, 0.15) is 39.9 Å². The molecule has 3 aromatic carbocycles. The Balaban J connectivity index is 1.52. The zero-order valence-corrected chi connectivity index (χ0v) is 22.6. The lowest BCUT2D eigenvalue weighted by atomic mass is 9.92. The number of nitrogens with one attached hydrogen (secondary N) is 2. The highest BCUT2D eigenvalue weighted by Gasteiger charge is 2.57. The zero-order chi connectivity index (χ0) is 30.4. The summed E-state index contributed by atoms with van der Waals surface area (Å²) in [6.45, 7) is 1.10. The van der Waals surface area contributed by atoms with E-state index in [0.29, 0.717) is 37.0 Å². The number of piperidine rings is 1. The fourth-order valence-electron chi connectivity index (χ4n) is 5.83. The Morgan fingerprint density at radius 1 is 1.05 bits per heavy atom. The Bertz CT molecular complexity index is 1700. The lowest BCUT2D eigenvalue weighted by Crippen LogP contribution is -2.49. The zero-order valence-electron chi connectivity index (χ0n) is 22.6. The molecule has 1 unspecified atom stereocenters. The number of imidazole rings is 1. The van der Waals surface area contributed by atoms with E-state index < -0.39 is 29.9 Å². The number of esters is 1. The van der Waals surface area contributed by atoms with E-state index in [1.165, 1.54) is 30.3 Å². The average Bonchev–Trinajstić information content (AvgIpc) is 3.50. The van der Waals surface area contributed by atoms with Gasteiger partial charge < -0.3 is 20.1 Å². The number of aromatic nitrogens is 2. The normalized spacial score (nSPS) is 19.0. The van der Waals surface area contributed by atoms with Crippen LogP contribution in [0.2, 0.25) is 0 Å². The molecular formula is C30H26F3N5O5. The van der Waals surface area contributed by atoms with E-state index in [-0.39, 0.29) is 40.7 Å². The number of fused-ring (bicyclic) bond motifs is 2. The first kappa shape index (κ1) is 28.2. The van der Waals surface area contributed by atoms with Crippen molar-refractivity contribution >= 4 is 35.0 Å². The first-order valence-electron chi connectivity index (χ1n) is 13.6. The van der Waals surface area contributed by atoms with Crippen LogP contribution in [-0.4, -0.2) is 63.3 Å². The first-order valence-corrected chi connectivity index (χ1v) is 13.6. The lowest BCUT2D eigenvalue weighted by Gasteiger charge is -2.39. The summed E-state index contributed by atoms with van der Waals surface area (Å²) in [6.07, 6.45) is -5.42. The van der Waals surface area contributed by atoms with Gasteiger partial charge in [-0.2, -0.15) is 13.2 Å². The number of halogens is 3. The van der Waals surface area contributed by atoms with Crippen LogP contribution in [0.4, 0.5) is 23.9 Å². The van der Waals surface area contributed by atoms with E-state index in [1.54, 1.807) is 42.5 Å². The third-order valence-corrected chi connectivity index (χ3v) is 7.77. The largest absolute Gasteiger partial charge is 0.491 e. The van der Waals surface area contributed by atoms with Crippen molar-refractivity contribution in [2.45, 2.75) is 37.3 Å². The average molecular weight is 594 g/mol. The molecule has 1 fully saturated rings. The second kappa shape index (κ2) is 10.7. The van der Waals surface area contributed by atoms with Crippen molar-refractivity contribution in [3.8, 4) is 0 Å². The molecule has 3 N–H and O–H groups in total. The van der Waals surface area contributed by atoms with Crippen LogP contribution in [0.5, 0.6) is 0 Å². The van der Waals surface area contributed by atoms with Gasteiger partial charge in [0.2, 0.25) is 11.7 Å². The molecule has 1 saturated heterocycles. The SMILES string of the molecule is O=C(O)N(c1nc2ccc(C3(OC(=O)C(F)(F)F)c4ccccc4C(=O)N3Cc3ccccc3)cc2[nH]1)C1CCNCC1. The van der Waals surface area contributed by atoms with Crippen molar-refractivity contribution in [3.63, 3.8) is 0 Å². The summed E-state index contributed by atoms with van der Waals surface area (Å²) in [5.74, 6) is -3.04. The number of H-pyrrole nitrogens is 1. The molecule has 1 atom stereocenters. The molecule has 222 valence electrons. The Morgan fingerprint density at radius 3 is 2.44 bits per heavy atom. The van der Waals surface area contributed by atoms with E-state index in [1.807, 2.05) is 0 Å². The van der Waals surface area contributed by atoms with Crippen LogP contribution in [0.3, 0.4) is 0 Å². The van der Waals surface area contributed by atoms with E-state index in [4.69, 9.17) is 4.74 Å². The first-order chi connectivity index (χ1) is 20.6. The van der Waals surface area contributed by atoms with Gasteiger partial charge in [0, 0.05) is 22.7 Å². The summed E-state index contributed by atoms with van der Waals surface area (Å²) in [5, 5.41) is 13.2. The molecule has 43 heavy (non-hydrogen) atoms. The maximum atomic E-state index is 13.8.